The Morgan fingerprint density at radius 3 is 2.57 bits per heavy atom. The van der Waals surface area contributed by atoms with Crippen molar-refractivity contribution < 1.29 is 9.59 Å². The van der Waals surface area contributed by atoms with Crippen molar-refractivity contribution in [3.8, 4) is 0 Å². The number of para-hydroxylation sites is 1. The van der Waals surface area contributed by atoms with Gasteiger partial charge in [-0.1, -0.05) is 35.3 Å². The summed E-state index contributed by atoms with van der Waals surface area (Å²) in [5.41, 5.74) is 2.67. The van der Waals surface area contributed by atoms with E-state index >= 15 is 0 Å². The first-order valence-corrected chi connectivity index (χ1v) is 7.76. The highest BCUT2D eigenvalue weighted by atomic mass is 35.5. The molecule has 118 valence electrons. The number of pyridine rings is 1. The molecular weight excluding hydrogens is 337 g/mol. The first kappa shape index (κ1) is 15.8. The fourth-order valence-corrected chi connectivity index (χ4v) is 3.12. The van der Waals surface area contributed by atoms with E-state index in [9.17, 15) is 9.59 Å². The zero-order valence-electron chi connectivity index (χ0n) is 12.3. The molecule has 1 aromatic carbocycles. The Labute approximate surface area is 143 Å². The Hall–Kier alpha value is -2.11. The van der Waals surface area contributed by atoms with Gasteiger partial charge in [-0.05, 0) is 30.2 Å². The standard InChI is InChI=1S/C16H13Cl2N3O2/c1-9(22)21-6-5-10-3-2-4-12(15(10)21)19-16(23)11-7-13(17)20-14(18)8-11/h2-4,7-8H,5-6H2,1H3,(H,19,23). The molecule has 2 heterocycles. The fourth-order valence-electron chi connectivity index (χ4n) is 2.66. The summed E-state index contributed by atoms with van der Waals surface area (Å²) in [6, 6.07) is 8.45. The molecule has 2 amide bonds. The van der Waals surface area contributed by atoms with Gasteiger partial charge in [0.05, 0.1) is 11.4 Å². The Morgan fingerprint density at radius 2 is 1.91 bits per heavy atom. The Bertz CT molecular complexity index is 788. The van der Waals surface area contributed by atoms with Crippen LogP contribution in [0.2, 0.25) is 10.3 Å². The summed E-state index contributed by atoms with van der Waals surface area (Å²) in [5, 5.41) is 3.11. The molecule has 1 aromatic heterocycles. The van der Waals surface area contributed by atoms with Gasteiger partial charge in [0.25, 0.3) is 5.91 Å². The van der Waals surface area contributed by atoms with E-state index in [1.807, 2.05) is 12.1 Å². The molecule has 3 rings (SSSR count). The van der Waals surface area contributed by atoms with Crippen LogP contribution in [0.1, 0.15) is 22.8 Å². The number of amides is 2. The van der Waals surface area contributed by atoms with E-state index in [-0.39, 0.29) is 22.1 Å². The van der Waals surface area contributed by atoms with Gasteiger partial charge in [-0.3, -0.25) is 9.59 Å². The second-order valence-electron chi connectivity index (χ2n) is 5.19. The smallest absolute Gasteiger partial charge is 0.255 e. The molecule has 23 heavy (non-hydrogen) atoms. The highest BCUT2D eigenvalue weighted by Gasteiger charge is 2.25. The van der Waals surface area contributed by atoms with Gasteiger partial charge in [0.1, 0.15) is 10.3 Å². The van der Waals surface area contributed by atoms with Crippen LogP contribution in [0.25, 0.3) is 0 Å². The largest absolute Gasteiger partial charge is 0.320 e. The van der Waals surface area contributed by atoms with E-state index in [1.54, 1.807) is 11.0 Å². The monoisotopic (exact) mass is 349 g/mol. The second kappa shape index (κ2) is 6.18. The molecule has 0 saturated carbocycles. The van der Waals surface area contributed by atoms with Crippen LogP contribution in [0, 0.1) is 0 Å². The third-order valence-corrected chi connectivity index (χ3v) is 4.03. The molecule has 1 aliphatic rings. The summed E-state index contributed by atoms with van der Waals surface area (Å²) in [7, 11) is 0. The lowest BCUT2D eigenvalue weighted by Gasteiger charge is -2.19. The predicted octanol–water partition coefficient (Wildman–Crippen LogP) is 3.55. The van der Waals surface area contributed by atoms with Crippen molar-refractivity contribution in [3.05, 3.63) is 51.8 Å². The van der Waals surface area contributed by atoms with Gasteiger partial charge in [0, 0.05) is 19.0 Å². The summed E-state index contributed by atoms with van der Waals surface area (Å²) in [6.07, 6.45) is 0.769. The summed E-state index contributed by atoms with van der Waals surface area (Å²) in [4.78, 5) is 29.7. The van der Waals surface area contributed by atoms with Gasteiger partial charge in [-0.2, -0.15) is 0 Å². The van der Waals surface area contributed by atoms with Crippen molar-refractivity contribution in [3.63, 3.8) is 0 Å². The number of rotatable bonds is 2. The van der Waals surface area contributed by atoms with Crippen LogP contribution in [0.4, 0.5) is 11.4 Å². The van der Waals surface area contributed by atoms with Gasteiger partial charge in [0.2, 0.25) is 5.91 Å². The average Bonchev–Trinajstić information content (AvgIpc) is 2.91. The average molecular weight is 350 g/mol. The minimum Gasteiger partial charge on any atom is -0.320 e. The molecular formula is C16H13Cl2N3O2. The molecule has 2 aromatic rings. The summed E-state index contributed by atoms with van der Waals surface area (Å²) in [5.74, 6) is -0.416. The van der Waals surface area contributed by atoms with E-state index in [0.29, 0.717) is 17.8 Å². The van der Waals surface area contributed by atoms with Crippen LogP contribution >= 0.6 is 23.2 Å². The normalized spacial score (nSPS) is 12.9. The maximum absolute atomic E-state index is 12.4. The first-order chi connectivity index (χ1) is 11.0. The van der Waals surface area contributed by atoms with Crippen molar-refractivity contribution >= 4 is 46.4 Å². The predicted molar refractivity (Wildman–Crippen MR) is 90.4 cm³/mol. The Balaban J connectivity index is 1.93. The number of nitrogens with zero attached hydrogens (tertiary/aromatic N) is 2. The molecule has 0 fully saturated rings. The summed E-state index contributed by atoms with van der Waals surface area (Å²) >= 11 is 11.7. The van der Waals surface area contributed by atoms with Gasteiger partial charge in [0.15, 0.2) is 0 Å². The number of fused-ring (bicyclic) bond motifs is 1. The number of hydrogen-bond acceptors (Lipinski definition) is 3. The van der Waals surface area contributed by atoms with Crippen molar-refractivity contribution in [1.82, 2.24) is 4.98 Å². The Morgan fingerprint density at radius 1 is 1.22 bits per heavy atom. The maximum Gasteiger partial charge on any atom is 0.255 e. The number of aromatic nitrogens is 1. The van der Waals surface area contributed by atoms with Crippen molar-refractivity contribution in [2.45, 2.75) is 13.3 Å². The van der Waals surface area contributed by atoms with Gasteiger partial charge < -0.3 is 10.2 Å². The van der Waals surface area contributed by atoms with Crippen LogP contribution in [0.3, 0.4) is 0 Å². The SMILES string of the molecule is CC(=O)N1CCc2cccc(NC(=O)c3cc(Cl)nc(Cl)c3)c21. The van der Waals surface area contributed by atoms with Gasteiger partial charge in [-0.15, -0.1) is 0 Å². The van der Waals surface area contributed by atoms with Crippen LogP contribution in [0.15, 0.2) is 30.3 Å². The molecule has 0 radical (unpaired) electrons. The first-order valence-electron chi connectivity index (χ1n) is 7.00. The quantitative estimate of drug-likeness (QED) is 0.843. The third kappa shape index (κ3) is 3.16. The van der Waals surface area contributed by atoms with E-state index in [1.165, 1.54) is 19.1 Å². The van der Waals surface area contributed by atoms with E-state index in [2.05, 4.69) is 10.3 Å². The summed E-state index contributed by atoms with van der Waals surface area (Å²) < 4.78 is 0. The Kier molecular flexibility index (Phi) is 4.24. The molecule has 1 N–H and O–H groups in total. The topological polar surface area (TPSA) is 62.3 Å². The van der Waals surface area contributed by atoms with Gasteiger partial charge in [-0.25, -0.2) is 4.98 Å². The maximum atomic E-state index is 12.4. The molecule has 0 saturated heterocycles. The lowest BCUT2D eigenvalue weighted by Crippen LogP contribution is -2.27. The highest BCUT2D eigenvalue weighted by Crippen LogP contribution is 2.35. The number of nitrogens with one attached hydrogen (secondary N) is 1. The zero-order valence-corrected chi connectivity index (χ0v) is 13.8. The third-order valence-electron chi connectivity index (χ3n) is 3.65. The molecule has 5 nitrogen and oxygen atoms in total. The highest BCUT2D eigenvalue weighted by molar-refractivity contribution is 6.33. The number of halogens is 2. The van der Waals surface area contributed by atoms with Crippen LogP contribution in [0.5, 0.6) is 0 Å². The van der Waals surface area contributed by atoms with Crippen molar-refractivity contribution in [2.24, 2.45) is 0 Å². The number of hydrogen-bond donors (Lipinski definition) is 1. The molecule has 1 aliphatic heterocycles. The van der Waals surface area contributed by atoms with E-state index in [4.69, 9.17) is 23.2 Å². The minimum atomic E-state index is -0.361. The number of carbonyl (C=O) groups excluding carboxylic acids is 2. The molecule has 0 aliphatic carbocycles. The lowest BCUT2D eigenvalue weighted by atomic mass is 10.1. The lowest BCUT2D eigenvalue weighted by molar-refractivity contribution is -0.116. The van der Waals surface area contributed by atoms with Crippen LogP contribution in [-0.2, 0) is 11.2 Å². The second-order valence-corrected chi connectivity index (χ2v) is 5.96. The molecule has 7 heteroatoms. The fraction of sp³-hybridized carbons (Fsp3) is 0.188. The minimum absolute atomic E-state index is 0.0551. The number of carbonyl (C=O) groups is 2. The van der Waals surface area contributed by atoms with Crippen LogP contribution in [-0.4, -0.2) is 23.3 Å². The number of benzene rings is 1. The number of anilines is 2. The molecule has 0 spiro atoms. The van der Waals surface area contributed by atoms with E-state index in [0.717, 1.165) is 17.7 Å². The van der Waals surface area contributed by atoms with Crippen LogP contribution < -0.4 is 10.2 Å². The van der Waals surface area contributed by atoms with Crippen molar-refractivity contribution in [1.29, 1.82) is 0 Å². The molecule has 0 bridgehead atoms. The zero-order chi connectivity index (χ0) is 16.6. The van der Waals surface area contributed by atoms with E-state index < -0.39 is 0 Å². The van der Waals surface area contributed by atoms with Crippen molar-refractivity contribution in [2.75, 3.05) is 16.8 Å². The summed E-state index contributed by atoms with van der Waals surface area (Å²) in [6.45, 7) is 2.13. The molecule has 0 atom stereocenters. The van der Waals surface area contributed by atoms with Gasteiger partial charge >= 0.3 is 0 Å². The molecule has 0 unspecified atom stereocenters.